The molecule has 1 saturated carbocycles. The van der Waals surface area contributed by atoms with Crippen molar-refractivity contribution in [2.24, 2.45) is 0 Å². The number of rotatable bonds is 4. The molecule has 1 aromatic rings. The van der Waals surface area contributed by atoms with E-state index in [1.807, 2.05) is 11.8 Å². The summed E-state index contributed by atoms with van der Waals surface area (Å²) in [6.07, 6.45) is 3.62. The summed E-state index contributed by atoms with van der Waals surface area (Å²) >= 11 is 14.4. The van der Waals surface area contributed by atoms with Crippen LogP contribution in [0.25, 0.3) is 0 Å². The Morgan fingerprint density at radius 3 is 2.61 bits per heavy atom. The molecule has 18 heavy (non-hydrogen) atoms. The van der Waals surface area contributed by atoms with Crippen molar-refractivity contribution in [3.63, 3.8) is 0 Å². The molecule has 2 unspecified atom stereocenters. The standard InChI is InChI=1S/C13H18Cl2N2S/c1-2-18-10-4-3-9(7-10)17-13-11(14)5-8(16)6-12(13)15/h5-6,9-10,17H,2-4,7,16H2,1H3. The molecular formula is C13H18Cl2N2S. The SMILES string of the molecule is CCSC1CCC(Nc2c(Cl)cc(N)cc2Cl)C1. The van der Waals surface area contributed by atoms with Gasteiger partial charge in [-0.3, -0.25) is 0 Å². The highest BCUT2D eigenvalue weighted by molar-refractivity contribution is 7.99. The Morgan fingerprint density at radius 1 is 1.33 bits per heavy atom. The number of benzene rings is 1. The number of nitrogen functional groups attached to an aromatic ring is 1. The minimum atomic E-state index is 0.465. The van der Waals surface area contributed by atoms with E-state index in [2.05, 4.69) is 12.2 Å². The van der Waals surface area contributed by atoms with E-state index in [-0.39, 0.29) is 0 Å². The summed E-state index contributed by atoms with van der Waals surface area (Å²) in [6.45, 7) is 2.21. The highest BCUT2D eigenvalue weighted by atomic mass is 35.5. The molecule has 2 atom stereocenters. The normalized spacial score (nSPS) is 23.3. The first-order valence-electron chi connectivity index (χ1n) is 6.22. The number of halogens is 2. The van der Waals surface area contributed by atoms with Crippen molar-refractivity contribution in [2.45, 2.75) is 37.5 Å². The van der Waals surface area contributed by atoms with Gasteiger partial charge in [-0.2, -0.15) is 11.8 Å². The molecule has 0 aliphatic heterocycles. The van der Waals surface area contributed by atoms with Gasteiger partial charge in [0, 0.05) is 17.0 Å². The molecule has 1 aromatic carbocycles. The lowest BCUT2D eigenvalue weighted by Crippen LogP contribution is -2.16. The first-order valence-corrected chi connectivity index (χ1v) is 8.03. The summed E-state index contributed by atoms with van der Waals surface area (Å²) in [5, 5.41) is 5.43. The van der Waals surface area contributed by atoms with Crippen molar-refractivity contribution in [1.29, 1.82) is 0 Å². The fraction of sp³-hybridized carbons (Fsp3) is 0.538. The maximum absolute atomic E-state index is 6.18. The van der Waals surface area contributed by atoms with Crippen LogP contribution in [0.1, 0.15) is 26.2 Å². The van der Waals surface area contributed by atoms with Gasteiger partial charge >= 0.3 is 0 Å². The first kappa shape index (κ1) is 14.2. The van der Waals surface area contributed by atoms with Crippen molar-refractivity contribution in [1.82, 2.24) is 0 Å². The highest BCUT2D eigenvalue weighted by Gasteiger charge is 2.25. The summed E-state index contributed by atoms with van der Waals surface area (Å²) in [7, 11) is 0. The molecule has 0 radical (unpaired) electrons. The minimum Gasteiger partial charge on any atom is -0.399 e. The second-order valence-electron chi connectivity index (χ2n) is 4.59. The zero-order chi connectivity index (χ0) is 13.1. The molecule has 0 aromatic heterocycles. The quantitative estimate of drug-likeness (QED) is 0.794. The number of anilines is 2. The van der Waals surface area contributed by atoms with Gasteiger partial charge < -0.3 is 11.1 Å². The molecule has 0 bridgehead atoms. The maximum Gasteiger partial charge on any atom is 0.0722 e. The molecule has 0 amide bonds. The Kier molecular flexibility index (Phi) is 4.93. The van der Waals surface area contributed by atoms with Crippen molar-refractivity contribution in [3.05, 3.63) is 22.2 Å². The van der Waals surface area contributed by atoms with Crippen molar-refractivity contribution in [3.8, 4) is 0 Å². The Labute approximate surface area is 123 Å². The predicted octanol–water partition coefficient (Wildman–Crippen LogP) is 4.66. The fourth-order valence-electron chi connectivity index (χ4n) is 2.39. The molecule has 5 heteroatoms. The van der Waals surface area contributed by atoms with Crippen molar-refractivity contribution >= 4 is 46.3 Å². The molecule has 2 nitrogen and oxygen atoms in total. The van der Waals surface area contributed by atoms with Gasteiger partial charge in [0.15, 0.2) is 0 Å². The second kappa shape index (κ2) is 6.27. The number of thioether (sulfide) groups is 1. The van der Waals surface area contributed by atoms with Gasteiger partial charge in [-0.1, -0.05) is 30.1 Å². The number of nitrogens with two attached hydrogens (primary N) is 1. The Balaban J connectivity index is 2.02. The van der Waals surface area contributed by atoms with Gasteiger partial charge in [0.25, 0.3) is 0 Å². The Bertz CT molecular complexity index is 402. The monoisotopic (exact) mass is 304 g/mol. The van der Waals surface area contributed by atoms with Gasteiger partial charge in [0.05, 0.1) is 15.7 Å². The molecular weight excluding hydrogens is 287 g/mol. The Morgan fingerprint density at radius 2 is 2.00 bits per heavy atom. The van der Waals surface area contributed by atoms with Crippen LogP contribution in [0.5, 0.6) is 0 Å². The smallest absolute Gasteiger partial charge is 0.0722 e. The van der Waals surface area contributed by atoms with Gasteiger partial charge in [0.2, 0.25) is 0 Å². The van der Waals surface area contributed by atoms with Crippen LogP contribution in [0.3, 0.4) is 0 Å². The lowest BCUT2D eigenvalue weighted by atomic mass is 10.2. The zero-order valence-electron chi connectivity index (χ0n) is 10.4. The molecule has 3 N–H and O–H groups in total. The van der Waals surface area contributed by atoms with E-state index in [0.29, 0.717) is 21.8 Å². The van der Waals surface area contributed by atoms with Crippen LogP contribution in [0.15, 0.2) is 12.1 Å². The summed E-state index contributed by atoms with van der Waals surface area (Å²) in [6, 6.07) is 3.94. The van der Waals surface area contributed by atoms with Gasteiger partial charge in [0.1, 0.15) is 0 Å². The first-order chi connectivity index (χ1) is 8.60. The van der Waals surface area contributed by atoms with E-state index in [0.717, 1.165) is 10.9 Å². The molecule has 0 spiro atoms. The van der Waals surface area contributed by atoms with Crippen molar-refractivity contribution < 1.29 is 0 Å². The average molecular weight is 305 g/mol. The topological polar surface area (TPSA) is 38.0 Å². The third-order valence-electron chi connectivity index (χ3n) is 3.20. The van der Waals surface area contributed by atoms with Gasteiger partial charge in [-0.25, -0.2) is 0 Å². The van der Waals surface area contributed by atoms with E-state index in [9.17, 15) is 0 Å². The number of hydrogen-bond acceptors (Lipinski definition) is 3. The van der Waals surface area contributed by atoms with Crippen LogP contribution < -0.4 is 11.1 Å². The highest BCUT2D eigenvalue weighted by Crippen LogP contribution is 2.37. The minimum absolute atomic E-state index is 0.465. The van der Waals surface area contributed by atoms with Gasteiger partial charge in [-0.15, -0.1) is 0 Å². The van der Waals surface area contributed by atoms with Crippen molar-refractivity contribution in [2.75, 3.05) is 16.8 Å². The summed E-state index contributed by atoms with van der Waals surface area (Å²) in [4.78, 5) is 0. The van der Waals surface area contributed by atoms with E-state index in [4.69, 9.17) is 28.9 Å². The zero-order valence-corrected chi connectivity index (χ0v) is 12.7. The third-order valence-corrected chi connectivity index (χ3v) is 5.03. The molecule has 0 saturated heterocycles. The predicted molar refractivity (Wildman–Crippen MR) is 84.1 cm³/mol. The lowest BCUT2D eigenvalue weighted by Gasteiger charge is -2.17. The Hall–Kier alpha value is -0.250. The van der Waals surface area contributed by atoms with E-state index in [1.165, 1.54) is 25.0 Å². The van der Waals surface area contributed by atoms with Crippen LogP contribution in [0, 0.1) is 0 Å². The molecule has 1 aliphatic rings. The molecule has 2 rings (SSSR count). The second-order valence-corrected chi connectivity index (χ2v) is 6.98. The van der Waals surface area contributed by atoms with Crippen LogP contribution >= 0.6 is 35.0 Å². The molecule has 1 fully saturated rings. The number of nitrogens with one attached hydrogen (secondary N) is 1. The largest absolute Gasteiger partial charge is 0.399 e. The lowest BCUT2D eigenvalue weighted by molar-refractivity contribution is 0.757. The van der Waals surface area contributed by atoms with E-state index < -0.39 is 0 Å². The fourth-order valence-corrected chi connectivity index (χ4v) is 4.15. The van der Waals surface area contributed by atoms with E-state index in [1.54, 1.807) is 12.1 Å². The van der Waals surface area contributed by atoms with E-state index >= 15 is 0 Å². The van der Waals surface area contributed by atoms with Crippen LogP contribution in [0.2, 0.25) is 10.0 Å². The van der Waals surface area contributed by atoms with Gasteiger partial charge in [-0.05, 0) is 37.1 Å². The summed E-state index contributed by atoms with van der Waals surface area (Å²) in [5.41, 5.74) is 7.12. The molecule has 0 heterocycles. The number of hydrogen-bond donors (Lipinski definition) is 2. The summed E-state index contributed by atoms with van der Waals surface area (Å²) < 4.78 is 0. The molecule has 1 aliphatic carbocycles. The molecule has 100 valence electrons. The average Bonchev–Trinajstić information content (AvgIpc) is 2.72. The van der Waals surface area contributed by atoms with Crippen LogP contribution in [-0.2, 0) is 0 Å². The third kappa shape index (κ3) is 3.40. The summed E-state index contributed by atoms with van der Waals surface area (Å²) in [5.74, 6) is 1.18. The van der Waals surface area contributed by atoms with Crippen LogP contribution in [-0.4, -0.2) is 17.0 Å². The maximum atomic E-state index is 6.18. The van der Waals surface area contributed by atoms with Crippen LogP contribution in [0.4, 0.5) is 11.4 Å².